The minimum Gasteiger partial charge on any atom is -0.481 e. The topological polar surface area (TPSA) is 70.5 Å². The number of thiazole rings is 1. The Bertz CT molecular complexity index is 710. The predicted octanol–water partition coefficient (Wildman–Crippen LogP) is 3.33. The van der Waals surface area contributed by atoms with Gasteiger partial charge in [-0.15, -0.1) is 11.3 Å². The van der Waals surface area contributed by atoms with Gasteiger partial charge in [0.05, 0.1) is 21.1 Å². The number of aliphatic carboxylic acids is 1. The number of likely N-dealkylation sites (tertiary alicyclic amines) is 1. The van der Waals surface area contributed by atoms with Gasteiger partial charge >= 0.3 is 5.97 Å². The van der Waals surface area contributed by atoms with Crippen LogP contribution in [0.5, 0.6) is 0 Å². The molecule has 0 bridgehead atoms. The van der Waals surface area contributed by atoms with Crippen LogP contribution < -0.4 is 0 Å². The summed E-state index contributed by atoms with van der Waals surface area (Å²) in [6.45, 7) is 2.35. The first-order chi connectivity index (χ1) is 11.5. The molecule has 1 N–H and O–H groups in total. The van der Waals surface area contributed by atoms with Gasteiger partial charge in [0.15, 0.2) is 0 Å². The second kappa shape index (κ2) is 7.30. The average Bonchev–Trinajstić information content (AvgIpc) is 2.97. The monoisotopic (exact) mass is 346 g/mol. The van der Waals surface area contributed by atoms with Crippen LogP contribution in [-0.4, -0.2) is 39.5 Å². The number of aromatic nitrogens is 1. The first kappa shape index (κ1) is 16.9. The number of nitrogens with zero attached hydrogens (tertiary/aromatic N) is 2. The van der Waals surface area contributed by atoms with Crippen molar-refractivity contribution in [2.45, 2.75) is 45.1 Å². The third-order valence-electron chi connectivity index (χ3n) is 4.67. The fourth-order valence-electron chi connectivity index (χ4n) is 3.22. The number of rotatable bonds is 5. The highest BCUT2D eigenvalue weighted by atomic mass is 32.1. The number of carbonyl (C=O) groups is 2. The van der Waals surface area contributed by atoms with Crippen molar-refractivity contribution in [3.8, 4) is 0 Å². The summed E-state index contributed by atoms with van der Waals surface area (Å²) in [4.78, 5) is 30.0. The van der Waals surface area contributed by atoms with E-state index in [1.165, 1.54) is 4.70 Å². The highest BCUT2D eigenvalue weighted by molar-refractivity contribution is 7.18. The fourth-order valence-corrected chi connectivity index (χ4v) is 4.23. The highest BCUT2D eigenvalue weighted by Crippen LogP contribution is 2.25. The van der Waals surface area contributed by atoms with Crippen molar-refractivity contribution in [1.82, 2.24) is 9.88 Å². The molecule has 2 unspecified atom stereocenters. The molecule has 0 saturated carbocycles. The number of fused-ring (bicyclic) bond motifs is 1. The summed E-state index contributed by atoms with van der Waals surface area (Å²) in [6, 6.07) is 8.18. The third-order valence-corrected chi connectivity index (χ3v) is 5.77. The summed E-state index contributed by atoms with van der Waals surface area (Å²) in [5.41, 5.74) is 1.01. The molecule has 3 rings (SSSR count). The molecular weight excluding hydrogens is 324 g/mol. The molecule has 1 aromatic carbocycles. The van der Waals surface area contributed by atoms with Gasteiger partial charge in [0.2, 0.25) is 5.91 Å². The second-order valence-corrected chi connectivity index (χ2v) is 7.55. The average molecular weight is 346 g/mol. The van der Waals surface area contributed by atoms with Gasteiger partial charge in [-0.2, -0.15) is 0 Å². The van der Waals surface area contributed by atoms with E-state index in [-0.39, 0.29) is 11.9 Å². The van der Waals surface area contributed by atoms with Crippen LogP contribution >= 0.6 is 11.3 Å². The standard InChI is InChI=1S/C18H22N2O3S/c1-12-9-10-13(18(22)23)11-20(12)17(21)8-4-7-16-19-14-5-2-3-6-15(14)24-16/h2-3,5-6,12-13H,4,7-11H2,1H3,(H,22,23). The highest BCUT2D eigenvalue weighted by Gasteiger charge is 2.32. The summed E-state index contributed by atoms with van der Waals surface area (Å²) < 4.78 is 1.17. The zero-order chi connectivity index (χ0) is 17.1. The molecule has 6 heteroatoms. The molecule has 1 aromatic heterocycles. The number of hydrogen-bond acceptors (Lipinski definition) is 4. The summed E-state index contributed by atoms with van der Waals surface area (Å²) in [7, 11) is 0. The van der Waals surface area contributed by atoms with Crippen LogP contribution in [0.3, 0.4) is 0 Å². The van der Waals surface area contributed by atoms with Gasteiger partial charge in [-0.25, -0.2) is 4.98 Å². The Balaban J connectivity index is 1.53. The molecule has 1 fully saturated rings. The van der Waals surface area contributed by atoms with Crippen LogP contribution in [0.25, 0.3) is 10.2 Å². The number of piperidine rings is 1. The van der Waals surface area contributed by atoms with E-state index >= 15 is 0 Å². The summed E-state index contributed by atoms with van der Waals surface area (Å²) >= 11 is 1.68. The molecule has 128 valence electrons. The number of carbonyl (C=O) groups excluding carboxylic acids is 1. The Morgan fingerprint density at radius 1 is 1.33 bits per heavy atom. The molecule has 24 heavy (non-hydrogen) atoms. The van der Waals surface area contributed by atoms with Gasteiger partial charge in [0, 0.05) is 19.0 Å². The summed E-state index contributed by atoms with van der Waals surface area (Å²) in [6.07, 6.45) is 3.41. The first-order valence-corrected chi connectivity index (χ1v) is 9.23. The van der Waals surface area contributed by atoms with Gasteiger partial charge in [-0.1, -0.05) is 12.1 Å². The minimum atomic E-state index is -0.797. The fraction of sp³-hybridized carbons (Fsp3) is 0.500. The smallest absolute Gasteiger partial charge is 0.308 e. The predicted molar refractivity (Wildman–Crippen MR) is 94.1 cm³/mol. The number of carboxylic acids is 1. The number of hydrogen-bond donors (Lipinski definition) is 1. The SMILES string of the molecule is CC1CCC(C(=O)O)CN1C(=O)CCCc1nc2ccccc2s1. The molecule has 2 aromatic rings. The molecule has 0 radical (unpaired) electrons. The van der Waals surface area contributed by atoms with E-state index in [4.69, 9.17) is 0 Å². The van der Waals surface area contributed by atoms with Gasteiger partial charge < -0.3 is 10.0 Å². The molecule has 0 spiro atoms. The molecular formula is C18H22N2O3S. The molecule has 1 aliphatic rings. The Kier molecular flexibility index (Phi) is 5.14. The molecule has 0 aliphatic carbocycles. The Labute approximate surface area is 145 Å². The zero-order valence-electron chi connectivity index (χ0n) is 13.8. The van der Waals surface area contributed by atoms with Crippen molar-refractivity contribution >= 4 is 33.4 Å². The van der Waals surface area contributed by atoms with E-state index in [9.17, 15) is 14.7 Å². The Hall–Kier alpha value is -1.95. The van der Waals surface area contributed by atoms with Gasteiger partial charge in [-0.05, 0) is 44.7 Å². The minimum absolute atomic E-state index is 0.0644. The van der Waals surface area contributed by atoms with Crippen molar-refractivity contribution in [2.24, 2.45) is 5.92 Å². The Morgan fingerprint density at radius 3 is 2.88 bits per heavy atom. The second-order valence-electron chi connectivity index (χ2n) is 6.44. The largest absolute Gasteiger partial charge is 0.481 e. The van der Waals surface area contributed by atoms with Gasteiger partial charge in [0.25, 0.3) is 0 Å². The normalized spacial score (nSPS) is 21.1. The van der Waals surface area contributed by atoms with E-state index in [0.29, 0.717) is 19.4 Å². The third kappa shape index (κ3) is 3.75. The van der Waals surface area contributed by atoms with E-state index in [1.54, 1.807) is 16.2 Å². The zero-order valence-corrected chi connectivity index (χ0v) is 14.6. The first-order valence-electron chi connectivity index (χ1n) is 8.41. The van der Waals surface area contributed by atoms with Gasteiger partial charge in [-0.3, -0.25) is 9.59 Å². The van der Waals surface area contributed by atoms with Crippen molar-refractivity contribution in [3.05, 3.63) is 29.3 Å². The van der Waals surface area contributed by atoms with Crippen LogP contribution in [0.15, 0.2) is 24.3 Å². The van der Waals surface area contributed by atoms with Crippen molar-refractivity contribution in [1.29, 1.82) is 0 Å². The van der Waals surface area contributed by atoms with E-state index in [2.05, 4.69) is 11.1 Å². The number of aryl methyl sites for hydroxylation is 1. The van der Waals surface area contributed by atoms with Crippen LogP contribution in [0, 0.1) is 5.92 Å². The van der Waals surface area contributed by atoms with Gasteiger partial charge in [0.1, 0.15) is 0 Å². The van der Waals surface area contributed by atoms with Crippen molar-refractivity contribution in [2.75, 3.05) is 6.54 Å². The van der Waals surface area contributed by atoms with Crippen LogP contribution in [0.4, 0.5) is 0 Å². The number of benzene rings is 1. The maximum absolute atomic E-state index is 12.5. The lowest BCUT2D eigenvalue weighted by atomic mass is 9.93. The van der Waals surface area contributed by atoms with Crippen LogP contribution in [0.2, 0.25) is 0 Å². The lowest BCUT2D eigenvalue weighted by molar-refractivity contribution is -0.147. The number of carboxylic acid groups (broad SMARTS) is 1. The molecule has 1 amide bonds. The van der Waals surface area contributed by atoms with Crippen molar-refractivity contribution in [3.63, 3.8) is 0 Å². The molecule has 5 nitrogen and oxygen atoms in total. The van der Waals surface area contributed by atoms with Crippen LogP contribution in [0.1, 0.15) is 37.6 Å². The number of para-hydroxylation sites is 1. The maximum atomic E-state index is 12.5. The lowest BCUT2D eigenvalue weighted by Crippen LogP contribution is -2.47. The summed E-state index contributed by atoms with van der Waals surface area (Å²) in [5.74, 6) is -1.15. The van der Waals surface area contributed by atoms with E-state index in [0.717, 1.165) is 29.8 Å². The van der Waals surface area contributed by atoms with Crippen molar-refractivity contribution < 1.29 is 14.7 Å². The lowest BCUT2D eigenvalue weighted by Gasteiger charge is -2.36. The Morgan fingerprint density at radius 2 is 2.12 bits per heavy atom. The molecule has 1 aliphatic heterocycles. The van der Waals surface area contributed by atoms with E-state index in [1.807, 2.05) is 25.1 Å². The summed E-state index contributed by atoms with van der Waals surface area (Å²) in [5, 5.41) is 10.2. The molecule has 2 heterocycles. The molecule has 1 saturated heterocycles. The quantitative estimate of drug-likeness (QED) is 0.901. The number of amides is 1. The molecule has 2 atom stereocenters. The van der Waals surface area contributed by atoms with Crippen LogP contribution in [-0.2, 0) is 16.0 Å². The van der Waals surface area contributed by atoms with E-state index < -0.39 is 11.9 Å². The maximum Gasteiger partial charge on any atom is 0.308 e.